The number of pyridine rings is 1. The van der Waals surface area contributed by atoms with Crippen molar-refractivity contribution in [1.82, 2.24) is 30.2 Å². The lowest BCUT2D eigenvalue weighted by Gasteiger charge is -2.33. The normalized spacial score (nSPS) is 17.9. The van der Waals surface area contributed by atoms with Gasteiger partial charge in [0.15, 0.2) is 0 Å². The molecule has 1 aliphatic heterocycles. The Morgan fingerprint density at radius 2 is 2.04 bits per heavy atom. The fraction of sp³-hybridized carbons (Fsp3) is 0.471. The minimum atomic E-state index is -0.487. The first-order chi connectivity index (χ1) is 12.7. The highest BCUT2D eigenvalue weighted by Gasteiger charge is 2.30. The van der Waals surface area contributed by atoms with Gasteiger partial charge in [0.2, 0.25) is 11.7 Å². The molecule has 2 amide bonds. The molecule has 0 unspecified atom stereocenters. The monoisotopic (exact) mass is 356 g/mol. The van der Waals surface area contributed by atoms with Crippen molar-refractivity contribution in [3.8, 4) is 11.4 Å². The fourth-order valence-corrected chi connectivity index (χ4v) is 2.85. The first-order valence-electron chi connectivity index (χ1n) is 8.74. The molecule has 9 heteroatoms. The summed E-state index contributed by atoms with van der Waals surface area (Å²) in [4.78, 5) is 36.1. The molecule has 2 aromatic rings. The molecule has 1 N–H and O–H groups in total. The van der Waals surface area contributed by atoms with E-state index in [4.69, 9.17) is 4.52 Å². The SMILES string of the molecule is O=C(NC1CC1)C(=O)N1CCN(Cc2nc(-c3cccnc3)no2)CC1. The van der Waals surface area contributed by atoms with Crippen LogP contribution in [0, 0.1) is 0 Å². The van der Waals surface area contributed by atoms with Gasteiger partial charge >= 0.3 is 11.8 Å². The van der Waals surface area contributed by atoms with E-state index in [-0.39, 0.29) is 6.04 Å². The van der Waals surface area contributed by atoms with E-state index in [2.05, 4.69) is 25.3 Å². The van der Waals surface area contributed by atoms with Gasteiger partial charge in [-0.1, -0.05) is 5.16 Å². The largest absolute Gasteiger partial charge is 0.345 e. The van der Waals surface area contributed by atoms with Crippen LogP contribution in [-0.4, -0.2) is 69.0 Å². The summed E-state index contributed by atoms with van der Waals surface area (Å²) in [7, 11) is 0. The summed E-state index contributed by atoms with van der Waals surface area (Å²) in [5, 5.41) is 6.72. The number of nitrogens with zero attached hydrogens (tertiary/aromatic N) is 5. The summed E-state index contributed by atoms with van der Waals surface area (Å²) in [5.74, 6) is 0.112. The van der Waals surface area contributed by atoms with E-state index < -0.39 is 11.8 Å². The molecule has 3 heterocycles. The predicted octanol–water partition coefficient (Wildman–Crippen LogP) is 0.0544. The Bertz CT molecular complexity index is 781. The lowest BCUT2D eigenvalue weighted by molar-refractivity contribution is -0.147. The highest BCUT2D eigenvalue weighted by Crippen LogP contribution is 2.19. The average molecular weight is 356 g/mol. The molecule has 0 radical (unpaired) electrons. The Labute approximate surface area is 150 Å². The molecule has 1 aliphatic carbocycles. The van der Waals surface area contributed by atoms with E-state index in [0.717, 1.165) is 18.4 Å². The third-order valence-corrected chi connectivity index (χ3v) is 4.51. The standard InChI is InChI=1S/C17H20N6O3/c24-16(19-13-3-4-13)17(25)23-8-6-22(7-9-23)11-14-20-15(21-26-14)12-2-1-5-18-10-12/h1-2,5,10,13H,3-4,6-9,11H2,(H,19,24). The van der Waals surface area contributed by atoms with Crippen molar-refractivity contribution in [2.24, 2.45) is 0 Å². The molecule has 1 saturated heterocycles. The summed E-state index contributed by atoms with van der Waals surface area (Å²) in [6.45, 7) is 2.87. The van der Waals surface area contributed by atoms with E-state index in [1.54, 1.807) is 17.3 Å². The molecule has 0 spiro atoms. The van der Waals surface area contributed by atoms with E-state index >= 15 is 0 Å². The van der Waals surface area contributed by atoms with Gasteiger partial charge in [-0.05, 0) is 25.0 Å². The average Bonchev–Trinajstić information content (AvgIpc) is 3.37. The Kier molecular flexibility index (Phi) is 4.61. The zero-order valence-corrected chi connectivity index (χ0v) is 14.3. The van der Waals surface area contributed by atoms with Crippen molar-refractivity contribution < 1.29 is 14.1 Å². The smallest absolute Gasteiger partial charge is 0.311 e. The third kappa shape index (κ3) is 3.88. The van der Waals surface area contributed by atoms with E-state index in [9.17, 15) is 9.59 Å². The van der Waals surface area contributed by atoms with Crippen LogP contribution >= 0.6 is 0 Å². The number of carbonyl (C=O) groups is 2. The number of carbonyl (C=O) groups excluding carboxylic acids is 2. The van der Waals surface area contributed by atoms with Crippen LogP contribution in [0.3, 0.4) is 0 Å². The second kappa shape index (κ2) is 7.20. The predicted molar refractivity (Wildman–Crippen MR) is 90.6 cm³/mol. The zero-order chi connectivity index (χ0) is 17.9. The van der Waals surface area contributed by atoms with Crippen LogP contribution in [0.4, 0.5) is 0 Å². The van der Waals surface area contributed by atoms with Gasteiger partial charge in [0.1, 0.15) is 0 Å². The number of nitrogens with one attached hydrogen (secondary N) is 1. The van der Waals surface area contributed by atoms with E-state index in [0.29, 0.717) is 44.4 Å². The summed E-state index contributed by atoms with van der Waals surface area (Å²) in [5.41, 5.74) is 0.805. The quantitative estimate of drug-likeness (QED) is 0.772. The second-order valence-corrected chi connectivity index (χ2v) is 6.57. The molecule has 0 bridgehead atoms. The van der Waals surface area contributed by atoms with Crippen molar-refractivity contribution in [3.05, 3.63) is 30.4 Å². The molecular weight excluding hydrogens is 336 g/mol. The Hall–Kier alpha value is -2.81. The minimum Gasteiger partial charge on any atom is -0.345 e. The van der Waals surface area contributed by atoms with Crippen LogP contribution in [0.1, 0.15) is 18.7 Å². The van der Waals surface area contributed by atoms with Gasteiger partial charge in [0.05, 0.1) is 6.54 Å². The Morgan fingerprint density at radius 1 is 1.23 bits per heavy atom. The van der Waals surface area contributed by atoms with Crippen molar-refractivity contribution in [1.29, 1.82) is 0 Å². The number of amides is 2. The first-order valence-corrected chi connectivity index (χ1v) is 8.74. The minimum absolute atomic E-state index is 0.194. The molecule has 136 valence electrons. The van der Waals surface area contributed by atoms with Gasteiger partial charge in [-0.15, -0.1) is 0 Å². The van der Waals surface area contributed by atoms with E-state index in [1.807, 2.05) is 12.1 Å². The van der Waals surface area contributed by atoms with Crippen molar-refractivity contribution in [2.75, 3.05) is 26.2 Å². The van der Waals surface area contributed by atoms with E-state index in [1.165, 1.54) is 0 Å². The van der Waals surface area contributed by atoms with Crippen molar-refractivity contribution in [2.45, 2.75) is 25.4 Å². The first kappa shape index (κ1) is 16.6. The molecular formula is C17H20N6O3. The van der Waals surface area contributed by atoms with Crippen LogP contribution < -0.4 is 5.32 Å². The van der Waals surface area contributed by atoms with Gasteiger partial charge in [-0.3, -0.25) is 19.5 Å². The van der Waals surface area contributed by atoms with Crippen LogP contribution in [0.25, 0.3) is 11.4 Å². The van der Waals surface area contributed by atoms with Crippen LogP contribution in [0.15, 0.2) is 29.0 Å². The van der Waals surface area contributed by atoms with Crippen molar-refractivity contribution in [3.63, 3.8) is 0 Å². The van der Waals surface area contributed by atoms with Gasteiger partial charge in [-0.25, -0.2) is 0 Å². The highest BCUT2D eigenvalue weighted by molar-refractivity contribution is 6.35. The maximum absolute atomic E-state index is 12.1. The zero-order valence-electron chi connectivity index (χ0n) is 14.3. The topological polar surface area (TPSA) is 104 Å². The molecule has 9 nitrogen and oxygen atoms in total. The molecule has 2 aromatic heterocycles. The molecule has 0 aromatic carbocycles. The Morgan fingerprint density at radius 3 is 2.73 bits per heavy atom. The molecule has 26 heavy (non-hydrogen) atoms. The second-order valence-electron chi connectivity index (χ2n) is 6.57. The number of hydrogen-bond donors (Lipinski definition) is 1. The number of hydrogen-bond acceptors (Lipinski definition) is 7. The number of piperazine rings is 1. The van der Waals surface area contributed by atoms with Crippen molar-refractivity contribution >= 4 is 11.8 Å². The Balaban J connectivity index is 1.28. The molecule has 2 fully saturated rings. The lowest BCUT2D eigenvalue weighted by atomic mass is 10.3. The maximum Gasteiger partial charge on any atom is 0.311 e. The number of aromatic nitrogens is 3. The summed E-state index contributed by atoms with van der Waals surface area (Å²) in [6, 6.07) is 3.89. The summed E-state index contributed by atoms with van der Waals surface area (Å²) < 4.78 is 5.31. The maximum atomic E-state index is 12.1. The lowest BCUT2D eigenvalue weighted by Crippen LogP contribution is -2.52. The van der Waals surface area contributed by atoms with Crippen LogP contribution in [0.5, 0.6) is 0 Å². The number of rotatable bonds is 4. The fourth-order valence-electron chi connectivity index (χ4n) is 2.85. The molecule has 0 atom stereocenters. The summed E-state index contributed by atoms with van der Waals surface area (Å²) in [6.07, 6.45) is 5.32. The molecule has 1 saturated carbocycles. The van der Waals surface area contributed by atoms with Gasteiger partial charge < -0.3 is 14.7 Å². The van der Waals surface area contributed by atoms with Crippen LogP contribution in [-0.2, 0) is 16.1 Å². The van der Waals surface area contributed by atoms with Gasteiger partial charge in [0.25, 0.3) is 0 Å². The van der Waals surface area contributed by atoms with Gasteiger partial charge in [0, 0.05) is 50.2 Å². The third-order valence-electron chi connectivity index (χ3n) is 4.51. The molecule has 2 aliphatic rings. The highest BCUT2D eigenvalue weighted by atomic mass is 16.5. The van der Waals surface area contributed by atoms with Crippen LogP contribution in [0.2, 0.25) is 0 Å². The van der Waals surface area contributed by atoms with Gasteiger partial charge in [-0.2, -0.15) is 4.98 Å². The molecule has 4 rings (SSSR count). The summed E-state index contributed by atoms with van der Waals surface area (Å²) >= 11 is 0.